The minimum Gasteiger partial charge on any atom is -0.476 e. The van der Waals surface area contributed by atoms with E-state index in [1.807, 2.05) is 19.9 Å². The number of carboxylic acid groups (broad SMARTS) is 1. The molecule has 33 heavy (non-hydrogen) atoms. The van der Waals surface area contributed by atoms with Gasteiger partial charge >= 0.3 is 5.97 Å². The second-order valence-electron chi connectivity index (χ2n) is 7.81. The first-order valence-corrected chi connectivity index (χ1v) is 10.3. The Hall–Kier alpha value is -4.51. The molecular formula is C25H21N5O3. The van der Waals surface area contributed by atoms with Gasteiger partial charge in [0.2, 0.25) is 0 Å². The number of hydrogen-bond donors (Lipinski definition) is 2. The molecule has 2 N–H and O–H groups in total. The molecule has 0 unspecified atom stereocenters. The van der Waals surface area contributed by atoms with Gasteiger partial charge < -0.3 is 10.4 Å². The third-order valence-electron chi connectivity index (χ3n) is 5.48. The fourth-order valence-electron chi connectivity index (χ4n) is 3.84. The molecule has 0 aliphatic carbocycles. The Kier molecular flexibility index (Phi) is 5.63. The van der Waals surface area contributed by atoms with Crippen molar-refractivity contribution in [3.8, 4) is 17.5 Å². The van der Waals surface area contributed by atoms with Crippen molar-refractivity contribution in [1.82, 2.24) is 14.5 Å². The molecule has 0 aliphatic heterocycles. The predicted octanol–water partition coefficient (Wildman–Crippen LogP) is 4.05. The van der Waals surface area contributed by atoms with E-state index in [1.165, 1.54) is 10.8 Å². The van der Waals surface area contributed by atoms with Gasteiger partial charge in [-0.2, -0.15) is 5.26 Å². The molecule has 0 bridgehead atoms. The molecule has 0 spiro atoms. The van der Waals surface area contributed by atoms with E-state index in [0.717, 1.165) is 11.1 Å². The first-order valence-electron chi connectivity index (χ1n) is 10.3. The number of fused-ring (bicyclic) bond motifs is 1. The summed E-state index contributed by atoms with van der Waals surface area (Å²) < 4.78 is 1.49. The van der Waals surface area contributed by atoms with Gasteiger partial charge in [0.25, 0.3) is 5.56 Å². The van der Waals surface area contributed by atoms with Crippen molar-refractivity contribution in [2.45, 2.75) is 19.9 Å². The first-order chi connectivity index (χ1) is 15.8. The number of carbonyl (C=O) groups is 1. The third kappa shape index (κ3) is 4.04. The van der Waals surface area contributed by atoms with Crippen molar-refractivity contribution in [2.24, 2.45) is 7.05 Å². The van der Waals surface area contributed by atoms with Crippen LogP contribution in [0.2, 0.25) is 0 Å². The molecule has 0 radical (unpaired) electrons. The highest BCUT2D eigenvalue weighted by Gasteiger charge is 2.19. The van der Waals surface area contributed by atoms with E-state index in [4.69, 9.17) is 10.2 Å². The van der Waals surface area contributed by atoms with Gasteiger partial charge in [-0.1, -0.05) is 6.07 Å². The summed E-state index contributed by atoms with van der Waals surface area (Å²) in [6.45, 7) is 3.78. The van der Waals surface area contributed by atoms with Crippen LogP contribution in [0.4, 0.5) is 5.69 Å². The number of nitrogens with zero attached hydrogens (tertiary/aromatic N) is 4. The molecule has 164 valence electrons. The van der Waals surface area contributed by atoms with Gasteiger partial charge in [-0.05, 0) is 61.9 Å². The molecule has 0 aliphatic rings. The average Bonchev–Trinajstić information content (AvgIpc) is 2.81. The molecule has 2 heterocycles. The van der Waals surface area contributed by atoms with E-state index in [-0.39, 0.29) is 17.3 Å². The van der Waals surface area contributed by atoms with Gasteiger partial charge in [0.05, 0.1) is 34.3 Å². The first kappa shape index (κ1) is 21.7. The second-order valence-corrected chi connectivity index (χ2v) is 7.81. The lowest BCUT2D eigenvalue weighted by Gasteiger charge is -2.20. The maximum absolute atomic E-state index is 13.2. The van der Waals surface area contributed by atoms with Crippen LogP contribution >= 0.6 is 0 Å². The minimum atomic E-state index is -1.13. The highest BCUT2D eigenvalue weighted by atomic mass is 16.4. The number of anilines is 1. The largest absolute Gasteiger partial charge is 0.476 e. The number of aryl methyl sites for hydroxylation is 1. The molecule has 0 amide bonds. The van der Waals surface area contributed by atoms with Crippen LogP contribution in [-0.4, -0.2) is 25.6 Å². The second kappa shape index (κ2) is 8.55. The molecule has 0 saturated carbocycles. The van der Waals surface area contributed by atoms with E-state index < -0.39 is 5.97 Å². The van der Waals surface area contributed by atoms with Crippen LogP contribution in [0.3, 0.4) is 0 Å². The van der Waals surface area contributed by atoms with Crippen LogP contribution < -0.4 is 10.9 Å². The van der Waals surface area contributed by atoms with Gasteiger partial charge in [0, 0.05) is 24.4 Å². The zero-order valence-corrected chi connectivity index (χ0v) is 18.3. The van der Waals surface area contributed by atoms with Gasteiger partial charge in [-0.3, -0.25) is 9.36 Å². The Bertz CT molecular complexity index is 1480. The maximum atomic E-state index is 13.2. The Morgan fingerprint density at radius 1 is 1.21 bits per heavy atom. The number of rotatable bonds is 5. The fourth-order valence-corrected chi connectivity index (χ4v) is 3.84. The fraction of sp³-hybridized carbons (Fsp3) is 0.160. The maximum Gasteiger partial charge on any atom is 0.356 e. The number of hydrogen-bond acceptors (Lipinski definition) is 6. The van der Waals surface area contributed by atoms with Gasteiger partial charge in [-0.15, -0.1) is 0 Å². The number of benzene rings is 2. The Labute approximate surface area is 189 Å². The van der Waals surface area contributed by atoms with Crippen LogP contribution in [-0.2, 0) is 7.05 Å². The standard InChI is InChI=1S/C25H21N5O3/c1-14-11-18(15(2)28-20-5-4-10-27-22(20)25(32)33)21-19(12-14)24(31)30(3)23(29-21)17-8-6-16(13-26)7-9-17/h4-12,15,28H,1-3H3,(H,32,33)/t15-/m1/s1. The van der Waals surface area contributed by atoms with Crippen molar-refractivity contribution < 1.29 is 9.90 Å². The van der Waals surface area contributed by atoms with E-state index in [9.17, 15) is 14.7 Å². The van der Waals surface area contributed by atoms with E-state index in [1.54, 1.807) is 49.5 Å². The van der Waals surface area contributed by atoms with Gasteiger partial charge in [0.1, 0.15) is 5.82 Å². The zero-order chi connectivity index (χ0) is 23.7. The molecule has 0 saturated heterocycles. The van der Waals surface area contributed by atoms with Gasteiger partial charge in [0.15, 0.2) is 5.69 Å². The molecule has 0 fully saturated rings. The minimum absolute atomic E-state index is 0.0801. The van der Waals surface area contributed by atoms with Gasteiger partial charge in [-0.25, -0.2) is 14.8 Å². The van der Waals surface area contributed by atoms with Crippen LogP contribution in [0.15, 0.2) is 59.5 Å². The number of nitrogens with one attached hydrogen (secondary N) is 1. The van der Waals surface area contributed by atoms with Crippen LogP contribution in [0, 0.1) is 18.3 Å². The highest BCUT2D eigenvalue weighted by molar-refractivity contribution is 5.92. The number of pyridine rings is 1. The van der Waals surface area contributed by atoms with E-state index in [0.29, 0.717) is 33.5 Å². The summed E-state index contributed by atoms with van der Waals surface area (Å²) in [7, 11) is 1.67. The normalized spacial score (nSPS) is 11.7. The number of aromatic nitrogens is 3. The lowest BCUT2D eigenvalue weighted by Crippen LogP contribution is -2.22. The number of aromatic carboxylic acids is 1. The van der Waals surface area contributed by atoms with Crippen LogP contribution in [0.5, 0.6) is 0 Å². The summed E-state index contributed by atoms with van der Waals surface area (Å²) in [6.07, 6.45) is 1.43. The molecular weight excluding hydrogens is 418 g/mol. The van der Waals surface area contributed by atoms with Crippen LogP contribution in [0.25, 0.3) is 22.3 Å². The molecule has 2 aromatic heterocycles. The lowest BCUT2D eigenvalue weighted by atomic mass is 10.0. The summed E-state index contributed by atoms with van der Waals surface area (Å²) in [4.78, 5) is 33.6. The van der Waals surface area contributed by atoms with Crippen molar-refractivity contribution in [3.05, 3.63) is 87.5 Å². The van der Waals surface area contributed by atoms with Crippen molar-refractivity contribution in [1.29, 1.82) is 5.26 Å². The summed E-state index contributed by atoms with van der Waals surface area (Å²) in [6, 6.07) is 15.7. The SMILES string of the molecule is Cc1cc([C@@H](C)Nc2cccnc2C(=O)O)c2nc(-c3ccc(C#N)cc3)n(C)c(=O)c2c1. The Balaban J connectivity index is 1.88. The Morgan fingerprint density at radius 2 is 1.94 bits per heavy atom. The molecule has 4 aromatic rings. The zero-order valence-electron chi connectivity index (χ0n) is 18.3. The average molecular weight is 439 g/mol. The van der Waals surface area contributed by atoms with Crippen molar-refractivity contribution in [3.63, 3.8) is 0 Å². The predicted molar refractivity (Wildman–Crippen MR) is 125 cm³/mol. The topological polar surface area (TPSA) is 121 Å². The monoisotopic (exact) mass is 439 g/mol. The van der Waals surface area contributed by atoms with E-state index in [2.05, 4.69) is 16.4 Å². The quantitative estimate of drug-likeness (QED) is 0.481. The molecule has 2 aromatic carbocycles. The smallest absolute Gasteiger partial charge is 0.356 e. The lowest BCUT2D eigenvalue weighted by molar-refractivity contribution is 0.0691. The summed E-state index contributed by atoms with van der Waals surface area (Å²) in [5.74, 6) is -0.656. The summed E-state index contributed by atoms with van der Waals surface area (Å²) in [5, 5.41) is 22.2. The van der Waals surface area contributed by atoms with E-state index >= 15 is 0 Å². The van der Waals surface area contributed by atoms with Crippen molar-refractivity contribution >= 4 is 22.6 Å². The highest BCUT2D eigenvalue weighted by Crippen LogP contribution is 2.29. The summed E-state index contributed by atoms with van der Waals surface area (Å²) in [5.41, 5.74) is 3.52. The number of carboxylic acids is 1. The molecule has 8 heteroatoms. The molecule has 1 atom stereocenters. The van der Waals surface area contributed by atoms with Crippen LogP contribution in [0.1, 0.15) is 40.1 Å². The Morgan fingerprint density at radius 3 is 2.61 bits per heavy atom. The molecule has 4 rings (SSSR count). The third-order valence-corrected chi connectivity index (χ3v) is 5.48. The van der Waals surface area contributed by atoms with Crippen molar-refractivity contribution in [2.75, 3.05) is 5.32 Å². The summed E-state index contributed by atoms with van der Waals surface area (Å²) >= 11 is 0. The number of nitriles is 1. The molecule has 8 nitrogen and oxygen atoms in total.